The van der Waals surface area contributed by atoms with Gasteiger partial charge in [-0.25, -0.2) is 9.50 Å². The Balaban J connectivity index is 1.38. The molecule has 4 rings (SSSR count). The molecule has 1 N–H and O–H groups in total. The van der Waals surface area contributed by atoms with E-state index < -0.39 is 0 Å². The first kappa shape index (κ1) is 19.6. The van der Waals surface area contributed by atoms with Crippen molar-refractivity contribution < 1.29 is 5.11 Å². The van der Waals surface area contributed by atoms with Crippen LogP contribution in [0.25, 0.3) is 16.2 Å². The van der Waals surface area contributed by atoms with E-state index in [2.05, 4.69) is 16.8 Å². The molecule has 0 aliphatic carbocycles. The monoisotopic (exact) mass is 419 g/mol. The molecule has 0 bridgehead atoms. The second-order valence-electron chi connectivity index (χ2n) is 7.72. The summed E-state index contributed by atoms with van der Waals surface area (Å²) in [4.78, 5) is 10.2. The van der Waals surface area contributed by atoms with Crippen LogP contribution in [0, 0.1) is 5.92 Å². The Kier molecular flexibility index (Phi) is 5.87. The minimum atomic E-state index is -0.247. The molecule has 3 aromatic rings. The number of hydrogen-bond donors (Lipinski definition) is 1. The first-order valence-electron chi connectivity index (χ1n) is 9.71. The van der Waals surface area contributed by atoms with Gasteiger partial charge in [0.05, 0.1) is 18.0 Å². The van der Waals surface area contributed by atoms with E-state index in [0.717, 1.165) is 52.6 Å². The predicted molar refractivity (Wildman–Crippen MR) is 115 cm³/mol. The Bertz CT molecular complexity index is 883. The number of anilines is 1. The summed E-state index contributed by atoms with van der Waals surface area (Å²) in [7, 11) is 2.11. The summed E-state index contributed by atoms with van der Waals surface area (Å²) in [5.74, 6) is 0.663. The number of piperidine rings is 1. The molecule has 28 heavy (non-hydrogen) atoms. The van der Waals surface area contributed by atoms with Crippen molar-refractivity contribution in [3.05, 3.63) is 35.5 Å². The first-order valence-corrected chi connectivity index (χ1v) is 10.9. The first-order chi connectivity index (χ1) is 13.5. The SMILES string of the molecule is CC(O)CN1CCC(CN(C)c2nn3cc(-c4ccc(Cl)cc4)nc3s2)CC1. The molecule has 0 radical (unpaired) electrons. The van der Waals surface area contributed by atoms with Crippen molar-refractivity contribution in [2.45, 2.75) is 25.9 Å². The molecule has 1 saturated heterocycles. The van der Waals surface area contributed by atoms with Gasteiger partial charge in [-0.05, 0) is 50.9 Å². The average molecular weight is 420 g/mol. The second-order valence-corrected chi connectivity index (χ2v) is 9.09. The summed E-state index contributed by atoms with van der Waals surface area (Å²) in [6.45, 7) is 5.77. The van der Waals surface area contributed by atoms with Gasteiger partial charge in [0.15, 0.2) is 0 Å². The molecule has 150 valence electrons. The maximum atomic E-state index is 9.55. The quantitative estimate of drug-likeness (QED) is 0.661. The third-order valence-corrected chi connectivity index (χ3v) is 6.55. The summed E-state index contributed by atoms with van der Waals surface area (Å²) in [6, 6.07) is 7.71. The Labute approximate surface area is 174 Å². The molecule has 1 aliphatic heterocycles. The van der Waals surface area contributed by atoms with Gasteiger partial charge in [0.2, 0.25) is 10.1 Å². The fraction of sp³-hybridized carbons (Fsp3) is 0.500. The molecular weight excluding hydrogens is 394 g/mol. The Hall–Kier alpha value is -1.67. The van der Waals surface area contributed by atoms with Crippen molar-refractivity contribution in [3.63, 3.8) is 0 Å². The van der Waals surface area contributed by atoms with Crippen LogP contribution < -0.4 is 4.90 Å². The van der Waals surface area contributed by atoms with Crippen LogP contribution >= 0.6 is 22.9 Å². The number of aliphatic hydroxyl groups excluding tert-OH is 1. The molecule has 1 unspecified atom stereocenters. The third-order valence-electron chi connectivity index (χ3n) is 5.26. The Morgan fingerprint density at radius 2 is 2.00 bits per heavy atom. The van der Waals surface area contributed by atoms with Crippen LogP contribution in [0.15, 0.2) is 30.5 Å². The molecule has 1 aromatic carbocycles. The van der Waals surface area contributed by atoms with Gasteiger partial charge in [0.25, 0.3) is 0 Å². The van der Waals surface area contributed by atoms with Gasteiger partial charge in [0.1, 0.15) is 0 Å². The number of halogens is 1. The van der Waals surface area contributed by atoms with Gasteiger partial charge in [-0.1, -0.05) is 35.1 Å². The second kappa shape index (κ2) is 8.37. The number of likely N-dealkylation sites (tertiary alicyclic amines) is 1. The Morgan fingerprint density at radius 1 is 1.29 bits per heavy atom. The summed E-state index contributed by atoms with van der Waals surface area (Å²) in [5.41, 5.74) is 1.95. The fourth-order valence-corrected chi connectivity index (χ4v) is 4.77. The summed E-state index contributed by atoms with van der Waals surface area (Å²) >= 11 is 7.59. The molecule has 0 amide bonds. The summed E-state index contributed by atoms with van der Waals surface area (Å²) in [5, 5.41) is 16.0. The van der Waals surface area contributed by atoms with E-state index in [9.17, 15) is 5.11 Å². The van der Waals surface area contributed by atoms with Gasteiger partial charge in [-0.3, -0.25) is 0 Å². The maximum Gasteiger partial charge on any atom is 0.214 e. The van der Waals surface area contributed by atoms with Crippen molar-refractivity contribution in [1.29, 1.82) is 0 Å². The number of β-amino-alcohol motifs (C(OH)–C–C–N with tert-alkyl or cyclic N) is 1. The number of fused-ring (bicyclic) bond motifs is 1. The van der Waals surface area contributed by atoms with Crippen molar-refractivity contribution in [2.24, 2.45) is 5.92 Å². The van der Waals surface area contributed by atoms with E-state index in [-0.39, 0.29) is 6.10 Å². The highest BCUT2D eigenvalue weighted by Crippen LogP contribution is 2.28. The fourth-order valence-electron chi connectivity index (χ4n) is 3.79. The number of aliphatic hydroxyl groups is 1. The van der Waals surface area contributed by atoms with E-state index in [1.54, 1.807) is 11.3 Å². The van der Waals surface area contributed by atoms with Gasteiger partial charge in [-0.15, -0.1) is 5.10 Å². The number of imidazole rings is 1. The molecule has 1 fully saturated rings. The molecule has 1 atom stereocenters. The number of nitrogens with zero attached hydrogens (tertiary/aromatic N) is 5. The highest BCUT2D eigenvalue weighted by Gasteiger charge is 2.22. The van der Waals surface area contributed by atoms with Crippen LogP contribution in [0.4, 0.5) is 5.13 Å². The molecule has 2 aromatic heterocycles. The van der Waals surface area contributed by atoms with E-state index in [1.807, 2.05) is 41.9 Å². The van der Waals surface area contributed by atoms with Crippen molar-refractivity contribution in [1.82, 2.24) is 19.5 Å². The van der Waals surface area contributed by atoms with Crippen molar-refractivity contribution in [2.75, 3.05) is 38.1 Å². The predicted octanol–water partition coefficient (Wildman–Crippen LogP) is 3.64. The third kappa shape index (κ3) is 4.49. The van der Waals surface area contributed by atoms with E-state index in [4.69, 9.17) is 21.7 Å². The highest BCUT2D eigenvalue weighted by atomic mass is 35.5. The Morgan fingerprint density at radius 3 is 2.64 bits per heavy atom. The molecule has 3 heterocycles. The van der Waals surface area contributed by atoms with E-state index in [0.29, 0.717) is 5.92 Å². The van der Waals surface area contributed by atoms with Gasteiger partial charge < -0.3 is 14.9 Å². The lowest BCUT2D eigenvalue weighted by atomic mass is 9.96. The number of rotatable bonds is 6. The van der Waals surface area contributed by atoms with Crippen LogP contribution in [0.1, 0.15) is 19.8 Å². The van der Waals surface area contributed by atoms with Crippen LogP contribution in [0.2, 0.25) is 5.02 Å². The lowest BCUT2D eigenvalue weighted by molar-refractivity contribution is 0.101. The van der Waals surface area contributed by atoms with Crippen molar-refractivity contribution >= 4 is 33.0 Å². The zero-order valence-electron chi connectivity index (χ0n) is 16.3. The normalized spacial score (nSPS) is 17.3. The molecule has 0 saturated carbocycles. The molecule has 6 nitrogen and oxygen atoms in total. The van der Waals surface area contributed by atoms with Crippen LogP contribution in [-0.2, 0) is 0 Å². The minimum Gasteiger partial charge on any atom is -0.392 e. The maximum absolute atomic E-state index is 9.55. The lowest BCUT2D eigenvalue weighted by Gasteiger charge is -2.34. The summed E-state index contributed by atoms with van der Waals surface area (Å²) < 4.78 is 1.87. The largest absolute Gasteiger partial charge is 0.392 e. The van der Waals surface area contributed by atoms with E-state index in [1.165, 1.54) is 12.8 Å². The van der Waals surface area contributed by atoms with Crippen LogP contribution in [0.5, 0.6) is 0 Å². The average Bonchev–Trinajstić information content (AvgIpc) is 3.23. The zero-order valence-corrected chi connectivity index (χ0v) is 17.8. The molecule has 8 heteroatoms. The molecular formula is C20H26ClN5OS. The number of hydrogen-bond acceptors (Lipinski definition) is 6. The van der Waals surface area contributed by atoms with Gasteiger partial charge in [0, 0.05) is 30.7 Å². The van der Waals surface area contributed by atoms with Crippen LogP contribution in [0.3, 0.4) is 0 Å². The number of aromatic nitrogens is 3. The zero-order chi connectivity index (χ0) is 19.7. The standard InChI is InChI=1S/C20H26ClN5OS/c1-14(27)11-25-9-7-15(8-10-25)12-24(2)20-23-26-13-18(22-19(26)28-20)16-3-5-17(21)6-4-16/h3-6,13-15,27H,7-12H2,1-2H3. The highest BCUT2D eigenvalue weighted by molar-refractivity contribution is 7.20. The lowest BCUT2D eigenvalue weighted by Crippen LogP contribution is -2.40. The van der Waals surface area contributed by atoms with Crippen LogP contribution in [-0.4, -0.2) is 63.9 Å². The van der Waals surface area contributed by atoms with Gasteiger partial charge >= 0.3 is 0 Å². The minimum absolute atomic E-state index is 0.247. The van der Waals surface area contributed by atoms with Crippen molar-refractivity contribution in [3.8, 4) is 11.3 Å². The topological polar surface area (TPSA) is 56.9 Å². The molecule has 1 aliphatic rings. The molecule has 0 spiro atoms. The summed E-state index contributed by atoms with van der Waals surface area (Å²) in [6.07, 6.45) is 4.06. The van der Waals surface area contributed by atoms with E-state index >= 15 is 0 Å². The number of benzene rings is 1. The smallest absolute Gasteiger partial charge is 0.214 e. The van der Waals surface area contributed by atoms with Gasteiger partial charge in [-0.2, -0.15) is 0 Å².